The van der Waals surface area contributed by atoms with Gasteiger partial charge in [0.25, 0.3) is 11.8 Å². The van der Waals surface area contributed by atoms with E-state index in [0.29, 0.717) is 24.1 Å². The number of amides is 3. The molecule has 0 aromatic carbocycles. The molecule has 1 aromatic rings. The summed E-state index contributed by atoms with van der Waals surface area (Å²) in [6.07, 6.45) is 6.24. The molecule has 3 aliphatic heterocycles. The van der Waals surface area contributed by atoms with Crippen molar-refractivity contribution in [1.29, 1.82) is 0 Å². The Labute approximate surface area is 213 Å². The zero-order valence-corrected chi connectivity index (χ0v) is 20.5. The normalized spacial score (nSPS) is 26.0. The Hall–Kier alpha value is -3.46. The van der Waals surface area contributed by atoms with Gasteiger partial charge in [0, 0.05) is 35.4 Å². The van der Waals surface area contributed by atoms with E-state index in [9.17, 15) is 29.5 Å². The van der Waals surface area contributed by atoms with Crippen molar-refractivity contribution in [2.45, 2.75) is 49.6 Å². The van der Waals surface area contributed by atoms with Gasteiger partial charge < -0.3 is 31.1 Å². The Morgan fingerprint density at radius 1 is 1.28 bits per heavy atom. The Morgan fingerprint density at radius 2 is 2.03 bits per heavy atom. The van der Waals surface area contributed by atoms with Crippen molar-refractivity contribution >= 4 is 57.8 Å². The number of oxime groups is 1. The molecule has 1 saturated carbocycles. The van der Waals surface area contributed by atoms with Gasteiger partial charge in [-0.2, -0.15) is 9.36 Å². The summed E-state index contributed by atoms with van der Waals surface area (Å²) in [7, 11) is 0. The maximum absolute atomic E-state index is 12.9. The molecule has 5 rings (SSSR count). The maximum Gasteiger partial charge on any atom is 0.278 e. The third-order valence-corrected chi connectivity index (χ3v) is 8.56. The number of nitrogens with two attached hydrogens (primary N) is 1. The van der Waals surface area contributed by atoms with Gasteiger partial charge in [-0.1, -0.05) is 18.0 Å². The van der Waals surface area contributed by atoms with E-state index in [1.54, 1.807) is 6.08 Å². The molecular weight excluding hydrogens is 510 g/mol. The molecule has 13 nitrogen and oxygen atoms in total. The minimum absolute atomic E-state index is 0.0603. The number of nitrogens with one attached hydrogen (secondary N) is 1. The predicted molar refractivity (Wildman–Crippen MR) is 126 cm³/mol. The number of carbonyl (C=O) groups excluding carboxylic acids is 4. The molecule has 190 valence electrons. The van der Waals surface area contributed by atoms with Crippen LogP contribution in [0.2, 0.25) is 0 Å². The second-order valence-corrected chi connectivity index (χ2v) is 10.7. The van der Waals surface area contributed by atoms with Gasteiger partial charge in [-0.15, -0.1) is 11.8 Å². The van der Waals surface area contributed by atoms with E-state index in [1.807, 2.05) is 4.90 Å². The number of carboxylic acid groups (broad SMARTS) is 1. The van der Waals surface area contributed by atoms with E-state index in [4.69, 9.17) is 5.73 Å². The van der Waals surface area contributed by atoms with Crippen LogP contribution in [-0.4, -0.2) is 83.5 Å². The summed E-state index contributed by atoms with van der Waals surface area (Å²) in [6.45, 7) is 0.601. The third kappa shape index (κ3) is 4.11. The third-order valence-electron chi connectivity index (χ3n) is 6.72. The van der Waals surface area contributed by atoms with Crippen LogP contribution in [0.5, 0.6) is 0 Å². The first-order valence-corrected chi connectivity index (χ1v) is 13.2. The number of likely N-dealkylation sites (tertiary alicyclic amines) is 1. The summed E-state index contributed by atoms with van der Waals surface area (Å²) in [5, 5.41) is 26.0. The molecule has 4 aliphatic rings. The number of carbonyl (C=O) groups is 4. The summed E-state index contributed by atoms with van der Waals surface area (Å²) >= 11 is 2.05. The molecule has 1 aromatic heterocycles. The molecule has 0 bridgehead atoms. The summed E-state index contributed by atoms with van der Waals surface area (Å²) in [5.74, 6) is -3.20. The fourth-order valence-electron chi connectivity index (χ4n) is 5.02. The van der Waals surface area contributed by atoms with Gasteiger partial charge in [0.15, 0.2) is 5.13 Å². The van der Waals surface area contributed by atoms with Crippen LogP contribution in [0.1, 0.15) is 37.9 Å². The van der Waals surface area contributed by atoms with Crippen LogP contribution in [-0.2, 0) is 19.2 Å². The van der Waals surface area contributed by atoms with E-state index in [0.717, 1.165) is 42.1 Å². The van der Waals surface area contributed by atoms with Crippen LogP contribution in [0.15, 0.2) is 28.1 Å². The molecular formula is C21H22N7O6S2-. The van der Waals surface area contributed by atoms with Crippen molar-refractivity contribution in [3.63, 3.8) is 0 Å². The molecule has 0 radical (unpaired) electrons. The smallest absolute Gasteiger partial charge is 0.278 e. The number of aliphatic carboxylic acids is 1. The van der Waals surface area contributed by atoms with Gasteiger partial charge >= 0.3 is 0 Å². The number of nitrogen functional groups attached to an aromatic ring is 1. The Bertz CT molecular complexity index is 1230. The van der Waals surface area contributed by atoms with Crippen molar-refractivity contribution in [2.75, 3.05) is 18.0 Å². The van der Waals surface area contributed by atoms with Crippen LogP contribution in [0, 0.1) is 0 Å². The molecule has 15 heteroatoms. The van der Waals surface area contributed by atoms with Gasteiger partial charge in [0.05, 0.1) is 11.7 Å². The molecule has 1 aliphatic carbocycles. The molecule has 2 atom stereocenters. The van der Waals surface area contributed by atoms with E-state index in [1.165, 1.54) is 11.8 Å². The number of hydrogen-bond donors (Lipinski definition) is 3. The monoisotopic (exact) mass is 532 g/mol. The number of rotatable bonds is 6. The zero-order valence-electron chi connectivity index (χ0n) is 18.9. The predicted octanol–water partition coefficient (Wildman–Crippen LogP) is -1.20. The molecule has 2 saturated heterocycles. The molecule has 36 heavy (non-hydrogen) atoms. The lowest BCUT2D eigenvalue weighted by molar-refractivity contribution is -0.301. The highest BCUT2D eigenvalue weighted by atomic mass is 32.2. The summed E-state index contributed by atoms with van der Waals surface area (Å²) < 4.78 is 3.81. The van der Waals surface area contributed by atoms with Crippen molar-refractivity contribution in [2.24, 2.45) is 5.16 Å². The fourth-order valence-corrected chi connectivity index (χ4v) is 6.76. The van der Waals surface area contributed by atoms with Crippen molar-refractivity contribution < 1.29 is 29.5 Å². The Kier molecular flexibility index (Phi) is 6.42. The molecule has 4 N–H and O–H groups in total. The largest absolute Gasteiger partial charge is 0.543 e. The first-order valence-electron chi connectivity index (χ1n) is 11.3. The standard InChI is InChI=1S/C21H23N7O6S2/c22-21-24-15(26-36-21)12(25-34)16(29)23-13-18(31)28-14(20(32)33)10(8-35-19(13)28)7-9-5-6-27(17(9)30)11-3-1-2-4-11/h7,11,13,19,34H,1-6,8H2,(H,23,29)(H,32,33)(H2,22,24,26)/p-1/b9-7+,25-12-/t13-,19-/m1/s1. The lowest BCUT2D eigenvalue weighted by Crippen LogP contribution is -2.71. The van der Waals surface area contributed by atoms with Crippen LogP contribution in [0.4, 0.5) is 5.13 Å². The number of hydrogen-bond acceptors (Lipinski definition) is 12. The van der Waals surface area contributed by atoms with Gasteiger partial charge in [0.2, 0.25) is 17.4 Å². The lowest BCUT2D eigenvalue weighted by Gasteiger charge is -2.50. The summed E-state index contributed by atoms with van der Waals surface area (Å²) in [6, 6.07) is -0.836. The van der Waals surface area contributed by atoms with Gasteiger partial charge in [0.1, 0.15) is 11.4 Å². The molecule has 4 heterocycles. The molecule has 0 unspecified atom stereocenters. The number of carboxylic acids is 1. The van der Waals surface area contributed by atoms with E-state index >= 15 is 0 Å². The second-order valence-electron chi connectivity index (χ2n) is 8.78. The van der Waals surface area contributed by atoms with Crippen LogP contribution in [0.3, 0.4) is 0 Å². The van der Waals surface area contributed by atoms with Crippen LogP contribution < -0.4 is 16.2 Å². The highest BCUT2D eigenvalue weighted by molar-refractivity contribution is 8.00. The van der Waals surface area contributed by atoms with Crippen molar-refractivity contribution in [1.82, 2.24) is 24.5 Å². The average Bonchev–Trinajstić information content (AvgIpc) is 3.60. The first kappa shape index (κ1) is 24.2. The zero-order chi connectivity index (χ0) is 25.6. The number of thioether (sulfide) groups is 1. The van der Waals surface area contributed by atoms with Crippen LogP contribution >= 0.6 is 23.3 Å². The highest BCUT2D eigenvalue weighted by Gasteiger charge is 2.53. The minimum atomic E-state index is -1.54. The molecule has 3 fully saturated rings. The van der Waals surface area contributed by atoms with Crippen molar-refractivity contribution in [3.8, 4) is 0 Å². The van der Waals surface area contributed by atoms with E-state index in [-0.39, 0.29) is 34.4 Å². The minimum Gasteiger partial charge on any atom is -0.543 e. The number of nitrogens with zero attached hydrogens (tertiary/aromatic N) is 5. The average molecular weight is 533 g/mol. The quantitative estimate of drug-likeness (QED) is 0.132. The van der Waals surface area contributed by atoms with Gasteiger partial charge in [-0.25, -0.2) is 0 Å². The number of β-lactam (4-membered cyclic amide) rings is 1. The van der Waals surface area contributed by atoms with Crippen LogP contribution in [0.25, 0.3) is 0 Å². The number of anilines is 1. The second kappa shape index (κ2) is 9.54. The summed E-state index contributed by atoms with van der Waals surface area (Å²) in [4.78, 5) is 57.2. The topological polar surface area (TPSA) is 194 Å². The maximum atomic E-state index is 12.9. The van der Waals surface area contributed by atoms with E-state index < -0.39 is 34.9 Å². The Morgan fingerprint density at radius 3 is 2.67 bits per heavy atom. The number of fused-ring (bicyclic) bond motifs is 1. The first-order chi connectivity index (χ1) is 17.3. The Balaban J connectivity index is 1.33. The lowest BCUT2D eigenvalue weighted by atomic mass is 10.0. The highest BCUT2D eigenvalue weighted by Crippen LogP contribution is 2.41. The van der Waals surface area contributed by atoms with Crippen molar-refractivity contribution in [3.05, 3.63) is 28.7 Å². The number of allylic oxidation sites excluding steroid dienone is 1. The van der Waals surface area contributed by atoms with E-state index in [2.05, 4.69) is 19.8 Å². The molecule has 3 amide bonds. The summed E-state index contributed by atoms with van der Waals surface area (Å²) in [5.41, 5.74) is 5.51. The molecule has 0 spiro atoms. The van der Waals surface area contributed by atoms with Gasteiger partial charge in [-0.05, 0) is 30.9 Å². The SMILES string of the molecule is Nc1nc(/C(=N/O)C(=O)N[C@@H]2C(=O)N3C(C(=O)[O-])=C(/C=C4\CCN(C5CCCC5)C4=O)CS[C@H]23)ns1. The number of aromatic nitrogens is 2. The van der Waals surface area contributed by atoms with Gasteiger partial charge in [-0.3, -0.25) is 19.3 Å². The fraction of sp³-hybridized carbons (Fsp3) is 0.476.